The molecule has 1 aromatic carbocycles. The van der Waals surface area contributed by atoms with Gasteiger partial charge in [0, 0.05) is 18.8 Å². The first-order valence-corrected chi connectivity index (χ1v) is 7.69. The van der Waals surface area contributed by atoms with Crippen molar-refractivity contribution in [3.05, 3.63) is 53.3 Å². The summed E-state index contributed by atoms with van der Waals surface area (Å²) in [7, 11) is 4.06. The quantitative estimate of drug-likeness (QED) is 0.861. The number of rotatable bonds is 6. The molecule has 0 saturated carbocycles. The van der Waals surface area contributed by atoms with E-state index in [2.05, 4.69) is 20.5 Å². The van der Waals surface area contributed by atoms with E-state index in [9.17, 15) is 4.79 Å². The van der Waals surface area contributed by atoms with E-state index in [4.69, 9.17) is 0 Å². The van der Waals surface area contributed by atoms with Crippen LogP contribution in [0.15, 0.2) is 36.5 Å². The topological polar surface area (TPSA) is 57.3 Å². The molecule has 1 aromatic heterocycles. The number of pyridine rings is 1. The van der Waals surface area contributed by atoms with Gasteiger partial charge < -0.3 is 15.5 Å². The number of carbonyl (C=O) groups excluding carboxylic acids is 1. The molecule has 0 aliphatic carbocycles. The van der Waals surface area contributed by atoms with Gasteiger partial charge in [-0.2, -0.15) is 0 Å². The fraction of sp³-hybridized carbons (Fsp3) is 0.333. The van der Waals surface area contributed by atoms with Crippen LogP contribution >= 0.6 is 0 Å². The summed E-state index contributed by atoms with van der Waals surface area (Å²) in [5.74, 6) is -0.196. The molecule has 0 spiro atoms. The summed E-state index contributed by atoms with van der Waals surface area (Å²) < 4.78 is 0. The van der Waals surface area contributed by atoms with Gasteiger partial charge in [-0.1, -0.05) is 12.1 Å². The molecule has 0 fully saturated rings. The lowest BCUT2D eigenvalue weighted by Gasteiger charge is -2.12. The number of benzene rings is 1. The number of likely N-dealkylation sites (N-methyl/N-ethyl adjacent to an activating group) is 1. The number of aryl methyl sites for hydroxylation is 1. The van der Waals surface area contributed by atoms with Crippen LogP contribution in [0.25, 0.3) is 0 Å². The van der Waals surface area contributed by atoms with Gasteiger partial charge in [0.15, 0.2) is 0 Å². The Balaban J connectivity index is 1.98. The van der Waals surface area contributed by atoms with Gasteiger partial charge in [0.25, 0.3) is 5.91 Å². The first-order valence-electron chi connectivity index (χ1n) is 7.69. The average molecular weight is 312 g/mol. The van der Waals surface area contributed by atoms with Gasteiger partial charge in [-0.3, -0.25) is 4.79 Å². The lowest BCUT2D eigenvalue weighted by molar-refractivity contribution is 0.102. The molecule has 0 aliphatic heterocycles. The van der Waals surface area contributed by atoms with Crippen LogP contribution in [-0.4, -0.2) is 43.0 Å². The Morgan fingerprint density at radius 2 is 1.96 bits per heavy atom. The number of amides is 1. The van der Waals surface area contributed by atoms with Crippen molar-refractivity contribution in [1.29, 1.82) is 0 Å². The number of hydrogen-bond acceptors (Lipinski definition) is 4. The predicted octanol–water partition coefficient (Wildman–Crippen LogP) is 2.92. The normalized spacial score (nSPS) is 10.7. The maximum absolute atomic E-state index is 12.3. The second kappa shape index (κ2) is 7.74. The smallest absolute Gasteiger partial charge is 0.274 e. The predicted molar refractivity (Wildman–Crippen MR) is 95.1 cm³/mol. The Morgan fingerprint density at radius 1 is 1.17 bits per heavy atom. The molecule has 0 atom stereocenters. The highest BCUT2D eigenvalue weighted by Gasteiger charge is 2.09. The van der Waals surface area contributed by atoms with E-state index in [1.54, 1.807) is 12.3 Å². The van der Waals surface area contributed by atoms with E-state index in [1.165, 1.54) is 0 Å². The van der Waals surface area contributed by atoms with Gasteiger partial charge in [-0.05, 0) is 57.3 Å². The number of hydrogen-bond donors (Lipinski definition) is 2. The van der Waals surface area contributed by atoms with Crippen LogP contribution in [0.2, 0.25) is 0 Å². The second-order valence-electron chi connectivity index (χ2n) is 5.86. The van der Waals surface area contributed by atoms with Crippen molar-refractivity contribution in [3.8, 4) is 0 Å². The zero-order valence-electron chi connectivity index (χ0n) is 14.2. The molecule has 0 aliphatic rings. The SMILES string of the molecule is Cc1cccc(NC(=O)c2ccc(NCCN(C)C)cn2)c1C. The lowest BCUT2D eigenvalue weighted by Crippen LogP contribution is -2.21. The summed E-state index contributed by atoms with van der Waals surface area (Å²) in [6.45, 7) is 5.80. The molecule has 5 nitrogen and oxygen atoms in total. The summed E-state index contributed by atoms with van der Waals surface area (Å²) in [6.07, 6.45) is 1.69. The fourth-order valence-corrected chi connectivity index (χ4v) is 2.13. The van der Waals surface area contributed by atoms with Crippen molar-refractivity contribution in [2.75, 3.05) is 37.8 Å². The van der Waals surface area contributed by atoms with Crippen molar-refractivity contribution < 1.29 is 4.79 Å². The number of nitrogens with one attached hydrogen (secondary N) is 2. The van der Waals surface area contributed by atoms with Crippen LogP contribution in [0.4, 0.5) is 11.4 Å². The van der Waals surface area contributed by atoms with E-state index >= 15 is 0 Å². The molecular weight excluding hydrogens is 288 g/mol. The highest BCUT2D eigenvalue weighted by Crippen LogP contribution is 2.18. The first-order chi connectivity index (χ1) is 11.0. The molecule has 23 heavy (non-hydrogen) atoms. The van der Waals surface area contributed by atoms with Crippen LogP contribution in [0.5, 0.6) is 0 Å². The Kier molecular flexibility index (Phi) is 5.71. The minimum atomic E-state index is -0.196. The van der Waals surface area contributed by atoms with Crippen LogP contribution in [0, 0.1) is 13.8 Å². The molecule has 1 amide bonds. The van der Waals surface area contributed by atoms with Crippen LogP contribution in [-0.2, 0) is 0 Å². The molecule has 122 valence electrons. The summed E-state index contributed by atoms with van der Waals surface area (Å²) in [5, 5.41) is 6.19. The van der Waals surface area contributed by atoms with Gasteiger partial charge >= 0.3 is 0 Å². The Bertz CT molecular complexity index is 665. The molecular formula is C18H24N4O. The maximum atomic E-state index is 12.3. The van der Waals surface area contributed by atoms with Crippen LogP contribution in [0.1, 0.15) is 21.6 Å². The zero-order chi connectivity index (χ0) is 16.8. The zero-order valence-corrected chi connectivity index (χ0v) is 14.2. The standard InChI is InChI=1S/C18H24N4O/c1-13-6-5-7-16(14(13)2)21-18(23)17-9-8-15(12-20-17)19-10-11-22(3)4/h5-9,12,19H,10-11H2,1-4H3,(H,21,23). The van der Waals surface area contributed by atoms with E-state index in [1.807, 2.05) is 52.2 Å². The maximum Gasteiger partial charge on any atom is 0.274 e. The average Bonchev–Trinajstić information content (AvgIpc) is 2.52. The van der Waals surface area contributed by atoms with Crippen molar-refractivity contribution in [2.24, 2.45) is 0 Å². The summed E-state index contributed by atoms with van der Waals surface area (Å²) in [4.78, 5) is 18.6. The lowest BCUT2D eigenvalue weighted by atomic mass is 10.1. The highest BCUT2D eigenvalue weighted by molar-refractivity contribution is 6.03. The Labute approximate surface area is 137 Å². The molecule has 0 bridgehead atoms. The van der Waals surface area contributed by atoms with E-state index in [-0.39, 0.29) is 5.91 Å². The molecule has 5 heteroatoms. The van der Waals surface area contributed by atoms with Crippen LogP contribution in [0.3, 0.4) is 0 Å². The van der Waals surface area contributed by atoms with Gasteiger partial charge in [0.1, 0.15) is 5.69 Å². The van der Waals surface area contributed by atoms with Crippen molar-refractivity contribution >= 4 is 17.3 Å². The molecule has 1 heterocycles. The molecule has 2 rings (SSSR count). The number of aromatic nitrogens is 1. The first kappa shape index (κ1) is 17.0. The summed E-state index contributed by atoms with van der Waals surface area (Å²) in [6, 6.07) is 9.47. The monoisotopic (exact) mass is 312 g/mol. The van der Waals surface area contributed by atoms with Gasteiger partial charge in [-0.15, -0.1) is 0 Å². The fourth-order valence-electron chi connectivity index (χ4n) is 2.13. The molecule has 0 radical (unpaired) electrons. The third-order valence-electron chi connectivity index (χ3n) is 3.74. The molecule has 0 saturated heterocycles. The number of nitrogens with zero attached hydrogens (tertiary/aromatic N) is 2. The summed E-state index contributed by atoms with van der Waals surface area (Å²) in [5.41, 5.74) is 4.36. The highest BCUT2D eigenvalue weighted by atomic mass is 16.1. The van der Waals surface area contributed by atoms with Crippen molar-refractivity contribution in [2.45, 2.75) is 13.8 Å². The third-order valence-corrected chi connectivity index (χ3v) is 3.74. The molecule has 2 aromatic rings. The van der Waals surface area contributed by atoms with E-state index in [0.717, 1.165) is 35.6 Å². The second-order valence-corrected chi connectivity index (χ2v) is 5.86. The van der Waals surface area contributed by atoms with Crippen LogP contribution < -0.4 is 10.6 Å². The van der Waals surface area contributed by atoms with Crippen molar-refractivity contribution in [3.63, 3.8) is 0 Å². The third kappa shape index (κ3) is 4.79. The number of carbonyl (C=O) groups is 1. The minimum absolute atomic E-state index is 0.196. The molecule has 0 unspecified atom stereocenters. The molecule has 2 N–H and O–H groups in total. The Hall–Kier alpha value is -2.40. The van der Waals surface area contributed by atoms with Gasteiger partial charge in [-0.25, -0.2) is 4.98 Å². The number of anilines is 2. The largest absolute Gasteiger partial charge is 0.383 e. The van der Waals surface area contributed by atoms with E-state index in [0.29, 0.717) is 5.69 Å². The van der Waals surface area contributed by atoms with Crippen molar-refractivity contribution in [1.82, 2.24) is 9.88 Å². The van der Waals surface area contributed by atoms with E-state index < -0.39 is 0 Å². The summed E-state index contributed by atoms with van der Waals surface area (Å²) >= 11 is 0. The minimum Gasteiger partial charge on any atom is -0.383 e. The van der Waals surface area contributed by atoms with Gasteiger partial charge in [0.05, 0.1) is 11.9 Å². The van der Waals surface area contributed by atoms with Gasteiger partial charge in [0.2, 0.25) is 0 Å². The Morgan fingerprint density at radius 3 is 2.61 bits per heavy atom.